The van der Waals surface area contributed by atoms with Gasteiger partial charge in [0.05, 0.1) is 12.6 Å². The van der Waals surface area contributed by atoms with Crippen molar-refractivity contribution in [1.82, 2.24) is 4.90 Å². The fraction of sp³-hybridized carbons (Fsp3) is 0.444. The molecular weight excluding hydrogens is 184 g/mol. The van der Waals surface area contributed by atoms with Crippen molar-refractivity contribution in [2.24, 2.45) is 4.99 Å². The van der Waals surface area contributed by atoms with E-state index >= 15 is 0 Å². The fourth-order valence-electron chi connectivity index (χ4n) is 1.11. The minimum absolute atomic E-state index is 0.196. The van der Waals surface area contributed by atoms with Crippen LogP contribution in [-0.4, -0.2) is 31.6 Å². The predicted octanol–water partition coefficient (Wildman–Crippen LogP) is 1.69. The second kappa shape index (κ2) is 4.92. The van der Waals surface area contributed by atoms with Gasteiger partial charge in [0.2, 0.25) is 6.08 Å². The second-order valence-electron chi connectivity index (χ2n) is 2.93. The molecular formula is C9H12N2OS. The van der Waals surface area contributed by atoms with E-state index in [0.717, 1.165) is 0 Å². The van der Waals surface area contributed by atoms with E-state index in [9.17, 15) is 4.79 Å². The molecule has 1 rings (SSSR count). The first-order chi connectivity index (χ1) is 6.25. The Morgan fingerprint density at radius 2 is 2.46 bits per heavy atom. The highest BCUT2D eigenvalue weighted by molar-refractivity contribution is 7.10. The molecule has 1 heterocycles. The average Bonchev–Trinajstić information content (AvgIpc) is 2.57. The molecule has 0 aromatic carbocycles. The topological polar surface area (TPSA) is 32.7 Å². The molecule has 0 amide bonds. The highest BCUT2D eigenvalue weighted by atomic mass is 32.1. The van der Waals surface area contributed by atoms with Crippen molar-refractivity contribution in [2.75, 3.05) is 20.6 Å². The summed E-state index contributed by atoms with van der Waals surface area (Å²) in [7, 11) is 3.95. The monoisotopic (exact) mass is 196 g/mol. The minimum atomic E-state index is 0.196. The van der Waals surface area contributed by atoms with Gasteiger partial charge in [-0.2, -0.15) is 0 Å². The number of isocyanates is 1. The lowest BCUT2D eigenvalue weighted by atomic mass is 10.2. The molecule has 0 aliphatic carbocycles. The molecule has 0 N–H and O–H groups in total. The van der Waals surface area contributed by atoms with Crippen LogP contribution in [0.25, 0.3) is 0 Å². The summed E-state index contributed by atoms with van der Waals surface area (Å²) in [6.07, 6.45) is 1.57. The Bertz CT molecular complexity index is 289. The van der Waals surface area contributed by atoms with Gasteiger partial charge >= 0.3 is 0 Å². The van der Waals surface area contributed by atoms with Crippen LogP contribution in [0.3, 0.4) is 0 Å². The van der Waals surface area contributed by atoms with Crippen LogP contribution >= 0.6 is 11.3 Å². The van der Waals surface area contributed by atoms with Crippen molar-refractivity contribution in [3.05, 3.63) is 22.4 Å². The van der Waals surface area contributed by atoms with Crippen LogP contribution in [-0.2, 0) is 4.79 Å². The summed E-state index contributed by atoms with van der Waals surface area (Å²) in [6.45, 7) is 0.483. The number of carbonyl (C=O) groups excluding carboxylic acids is 1. The van der Waals surface area contributed by atoms with E-state index in [0.29, 0.717) is 6.54 Å². The third-order valence-electron chi connectivity index (χ3n) is 1.82. The maximum atomic E-state index is 9.99. The largest absolute Gasteiger partial charge is 0.300 e. The first-order valence-corrected chi connectivity index (χ1v) is 4.87. The van der Waals surface area contributed by atoms with Gasteiger partial charge in [0.15, 0.2) is 0 Å². The molecule has 4 heteroatoms. The number of aliphatic imine (C=N–C) groups is 1. The molecule has 13 heavy (non-hydrogen) atoms. The van der Waals surface area contributed by atoms with Crippen molar-refractivity contribution in [3.63, 3.8) is 0 Å². The van der Waals surface area contributed by atoms with E-state index in [2.05, 4.69) is 11.1 Å². The number of nitrogens with zero attached hydrogens (tertiary/aromatic N) is 2. The third kappa shape index (κ3) is 2.77. The first-order valence-electron chi connectivity index (χ1n) is 3.99. The van der Waals surface area contributed by atoms with Gasteiger partial charge in [-0.1, -0.05) is 6.07 Å². The minimum Gasteiger partial charge on any atom is -0.300 e. The molecule has 0 saturated carbocycles. The number of hydrogen-bond donors (Lipinski definition) is 0. The van der Waals surface area contributed by atoms with Gasteiger partial charge in [0, 0.05) is 4.88 Å². The van der Waals surface area contributed by atoms with Crippen LogP contribution in [0.2, 0.25) is 0 Å². The van der Waals surface area contributed by atoms with Gasteiger partial charge < -0.3 is 0 Å². The smallest absolute Gasteiger partial charge is 0.235 e. The number of hydrogen-bond acceptors (Lipinski definition) is 4. The Morgan fingerprint density at radius 3 is 2.92 bits per heavy atom. The van der Waals surface area contributed by atoms with Gasteiger partial charge in [-0.25, -0.2) is 9.79 Å². The Hall–Kier alpha value is -0.960. The van der Waals surface area contributed by atoms with Crippen molar-refractivity contribution in [1.29, 1.82) is 0 Å². The summed E-state index contributed by atoms with van der Waals surface area (Å²) in [6, 6.07) is 4.25. The van der Waals surface area contributed by atoms with Crippen molar-refractivity contribution >= 4 is 17.4 Å². The lowest BCUT2D eigenvalue weighted by molar-refractivity contribution is 0.310. The second-order valence-corrected chi connectivity index (χ2v) is 3.91. The van der Waals surface area contributed by atoms with Crippen LogP contribution in [0, 0.1) is 0 Å². The average molecular weight is 196 g/mol. The summed E-state index contributed by atoms with van der Waals surface area (Å²) in [5, 5.41) is 2.02. The summed E-state index contributed by atoms with van der Waals surface area (Å²) < 4.78 is 0. The molecule has 1 unspecified atom stereocenters. The molecule has 0 bridgehead atoms. The zero-order chi connectivity index (χ0) is 9.68. The Morgan fingerprint density at radius 1 is 1.69 bits per heavy atom. The lowest BCUT2D eigenvalue weighted by Crippen LogP contribution is -2.21. The molecule has 3 nitrogen and oxygen atoms in total. The van der Waals surface area contributed by atoms with Crippen LogP contribution in [0.5, 0.6) is 0 Å². The van der Waals surface area contributed by atoms with E-state index in [1.807, 2.05) is 30.4 Å². The molecule has 0 radical (unpaired) electrons. The zero-order valence-corrected chi connectivity index (χ0v) is 8.54. The highest BCUT2D eigenvalue weighted by Crippen LogP contribution is 2.22. The van der Waals surface area contributed by atoms with E-state index in [1.165, 1.54) is 4.88 Å². The Labute approximate surface area is 81.7 Å². The predicted molar refractivity (Wildman–Crippen MR) is 53.7 cm³/mol. The third-order valence-corrected chi connectivity index (χ3v) is 2.80. The van der Waals surface area contributed by atoms with Gasteiger partial charge in [-0.05, 0) is 25.5 Å². The standard InChI is InChI=1S/C9H12N2OS/c1-11(2)8(6-10-7-12)9-4-3-5-13-9/h3-5,8H,6H2,1-2H3. The fourth-order valence-corrected chi connectivity index (χ4v) is 2.03. The van der Waals surface area contributed by atoms with E-state index < -0.39 is 0 Å². The molecule has 70 valence electrons. The van der Waals surface area contributed by atoms with Crippen molar-refractivity contribution in [3.8, 4) is 0 Å². The number of likely N-dealkylation sites (N-methyl/N-ethyl adjacent to an activating group) is 1. The zero-order valence-electron chi connectivity index (χ0n) is 7.73. The molecule has 1 aromatic rings. The van der Waals surface area contributed by atoms with Crippen LogP contribution < -0.4 is 0 Å². The lowest BCUT2D eigenvalue weighted by Gasteiger charge is -2.20. The first kappa shape index (κ1) is 10.1. The van der Waals surface area contributed by atoms with Crippen LogP contribution in [0.1, 0.15) is 10.9 Å². The summed E-state index contributed by atoms with van der Waals surface area (Å²) in [5.74, 6) is 0. The molecule has 0 aliphatic heterocycles. The normalized spacial score (nSPS) is 12.5. The molecule has 0 aliphatic rings. The van der Waals surface area contributed by atoms with Crippen LogP contribution in [0.4, 0.5) is 0 Å². The van der Waals surface area contributed by atoms with Gasteiger partial charge in [-0.15, -0.1) is 11.3 Å². The Kier molecular flexibility index (Phi) is 3.83. The summed E-state index contributed by atoms with van der Waals surface area (Å²) in [4.78, 5) is 16.9. The quantitative estimate of drug-likeness (QED) is 0.542. The van der Waals surface area contributed by atoms with Gasteiger partial charge in [-0.3, -0.25) is 4.90 Å². The van der Waals surface area contributed by atoms with E-state index in [1.54, 1.807) is 17.4 Å². The number of rotatable bonds is 4. The summed E-state index contributed by atoms with van der Waals surface area (Å²) >= 11 is 1.68. The van der Waals surface area contributed by atoms with Gasteiger partial charge in [0.25, 0.3) is 0 Å². The SMILES string of the molecule is CN(C)C(CN=C=O)c1cccs1. The number of thiophene rings is 1. The molecule has 0 fully saturated rings. The maximum Gasteiger partial charge on any atom is 0.235 e. The molecule has 1 aromatic heterocycles. The van der Waals surface area contributed by atoms with Crippen LogP contribution in [0.15, 0.2) is 22.5 Å². The van der Waals surface area contributed by atoms with Gasteiger partial charge in [0.1, 0.15) is 0 Å². The van der Waals surface area contributed by atoms with Crippen molar-refractivity contribution in [2.45, 2.75) is 6.04 Å². The Balaban J connectivity index is 2.74. The maximum absolute atomic E-state index is 9.99. The molecule has 1 atom stereocenters. The summed E-state index contributed by atoms with van der Waals surface area (Å²) in [5.41, 5.74) is 0. The van der Waals surface area contributed by atoms with E-state index in [-0.39, 0.29) is 6.04 Å². The highest BCUT2D eigenvalue weighted by Gasteiger charge is 2.13. The van der Waals surface area contributed by atoms with E-state index in [4.69, 9.17) is 0 Å². The molecule has 0 saturated heterocycles. The molecule has 0 spiro atoms. The van der Waals surface area contributed by atoms with Crippen molar-refractivity contribution < 1.29 is 4.79 Å².